The van der Waals surface area contributed by atoms with Gasteiger partial charge in [0.05, 0.1) is 19.3 Å². The average Bonchev–Trinajstić information content (AvgIpc) is 3.32. The maximum Gasteiger partial charge on any atom is 0.263 e. The van der Waals surface area contributed by atoms with Crippen molar-refractivity contribution in [2.45, 2.75) is 25.8 Å². The Morgan fingerprint density at radius 1 is 1.32 bits per heavy atom. The maximum absolute atomic E-state index is 12.4. The number of carbonyl (C=O) groups excluding carboxylic acids is 1. The minimum absolute atomic E-state index is 0.0240. The number of fused-ring (bicyclic) bond motifs is 1. The van der Waals surface area contributed by atoms with Crippen LogP contribution in [0, 0.1) is 5.92 Å². The molecule has 2 aliphatic rings. The van der Waals surface area contributed by atoms with Crippen LogP contribution in [0.4, 0.5) is 0 Å². The molecule has 0 unspecified atom stereocenters. The van der Waals surface area contributed by atoms with E-state index < -0.39 is 0 Å². The number of hydrogen-bond acceptors (Lipinski definition) is 5. The number of aromatic nitrogens is 1. The number of nitrogens with zero attached hydrogens (tertiary/aromatic N) is 2. The van der Waals surface area contributed by atoms with Gasteiger partial charge in [0.25, 0.3) is 5.91 Å². The molecule has 1 fully saturated rings. The zero-order valence-corrected chi connectivity index (χ0v) is 15.1. The number of nitrogens with one attached hydrogen (secondary N) is 1. The highest BCUT2D eigenvalue weighted by Crippen LogP contribution is 2.26. The number of thiazole rings is 1. The monoisotopic (exact) mass is 357 g/mol. The molecule has 1 aromatic carbocycles. The highest BCUT2D eigenvalue weighted by molar-refractivity contribution is 7.13. The fourth-order valence-electron chi connectivity index (χ4n) is 3.47. The quantitative estimate of drug-likeness (QED) is 0.894. The van der Waals surface area contributed by atoms with Gasteiger partial charge in [0, 0.05) is 12.5 Å². The van der Waals surface area contributed by atoms with E-state index in [-0.39, 0.29) is 5.91 Å². The van der Waals surface area contributed by atoms with Gasteiger partial charge in [-0.15, -0.1) is 11.3 Å². The number of rotatable bonds is 5. The van der Waals surface area contributed by atoms with Gasteiger partial charge in [0.2, 0.25) is 0 Å². The van der Waals surface area contributed by atoms with Crippen molar-refractivity contribution >= 4 is 17.2 Å². The molecule has 1 N–H and O–H groups in total. The lowest BCUT2D eigenvalue weighted by Gasteiger charge is -2.25. The van der Waals surface area contributed by atoms with Crippen LogP contribution in [0.1, 0.15) is 33.1 Å². The molecule has 1 amide bonds. The van der Waals surface area contributed by atoms with Gasteiger partial charge in [-0.1, -0.05) is 18.2 Å². The van der Waals surface area contributed by atoms with E-state index in [0.717, 1.165) is 36.8 Å². The van der Waals surface area contributed by atoms with Crippen LogP contribution in [0.25, 0.3) is 0 Å². The largest absolute Gasteiger partial charge is 0.493 e. The number of carbonyl (C=O) groups is 1. The summed E-state index contributed by atoms with van der Waals surface area (Å²) in [5.41, 5.74) is 1.22. The summed E-state index contributed by atoms with van der Waals surface area (Å²) in [7, 11) is 0. The van der Waals surface area contributed by atoms with Gasteiger partial charge in [-0.3, -0.25) is 9.69 Å². The third kappa shape index (κ3) is 4.02. The molecule has 3 heterocycles. The molecule has 1 atom stereocenters. The molecule has 0 radical (unpaired) electrons. The summed E-state index contributed by atoms with van der Waals surface area (Å²) >= 11 is 1.51. The molecule has 0 bridgehead atoms. The van der Waals surface area contributed by atoms with E-state index in [1.807, 2.05) is 18.2 Å². The molecule has 0 saturated carbocycles. The van der Waals surface area contributed by atoms with E-state index >= 15 is 0 Å². The predicted octanol–water partition coefficient (Wildman–Crippen LogP) is 2.72. The Kier molecular flexibility index (Phi) is 4.99. The molecule has 5 nitrogen and oxygen atoms in total. The first kappa shape index (κ1) is 16.5. The number of benzene rings is 1. The minimum Gasteiger partial charge on any atom is -0.493 e. The van der Waals surface area contributed by atoms with E-state index in [0.29, 0.717) is 23.9 Å². The normalized spacial score (nSPS) is 20.1. The molecule has 1 saturated heterocycles. The fourth-order valence-corrected chi connectivity index (χ4v) is 4.34. The van der Waals surface area contributed by atoms with Crippen molar-refractivity contribution in [2.75, 3.05) is 26.2 Å². The van der Waals surface area contributed by atoms with Gasteiger partial charge in [-0.2, -0.15) is 0 Å². The van der Waals surface area contributed by atoms with Crippen LogP contribution < -0.4 is 10.1 Å². The van der Waals surface area contributed by atoms with Crippen LogP contribution >= 0.6 is 11.3 Å². The first-order valence-corrected chi connectivity index (χ1v) is 9.75. The first-order chi connectivity index (χ1) is 12.3. The Morgan fingerprint density at radius 3 is 3.04 bits per heavy atom. The van der Waals surface area contributed by atoms with Crippen molar-refractivity contribution in [3.63, 3.8) is 0 Å². The molecular weight excluding hydrogens is 334 g/mol. The van der Waals surface area contributed by atoms with Crippen molar-refractivity contribution < 1.29 is 9.53 Å². The second-order valence-electron chi connectivity index (χ2n) is 6.80. The van der Waals surface area contributed by atoms with E-state index in [9.17, 15) is 4.79 Å². The SMILES string of the molecule is O=C(NC[C@@H]1COc2ccccc2C1)c1cnc(CN2CCCC2)s1. The van der Waals surface area contributed by atoms with Crippen LogP contribution in [-0.2, 0) is 13.0 Å². The van der Waals surface area contributed by atoms with E-state index in [1.54, 1.807) is 6.20 Å². The molecule has 0 spiro atoms. The summed E-state index contributed by atoms with van der Waals surface area (Å²) in [5.74, 6) is 1.26. The van der Waals surface area contributed by atoms with E-state index in [1.165, 1.54) is 29.7 Å². The molecule has 4 rings (SSSR count). The molecule has 132 valence electrons. The van der Waals surface area contributed by atoms with Gasteiger partial charge >= 0.3 is 0 Å². The topological polar surface area (TPSA) is 54.5 Å². The number of hydrogen-bond donors (Lipinski definition) is 1. The highest BCUT2D eigenvalue weighted by Gasteiger charge is 2.21. The minimum atomic E-state index is -0.0240. The Labute approximate surface area is 152 Å². The maximum atomic E-state index is 12.4. The zero-order valence-electron chi connectivity index (χ0n) is 14.2. The van der Waals surface area contributed by atoms with E-state index in [2.05, 4.69) is 21.3 Å². The average molecular weight is 357 g/mol. The van der Waals surface area contributed by atoms with Crippen molar-refractivity contribution in [1.82, 2.24) is 15.2 Å². The summed E-state index contributed by atoms with van der Waals surface area (Å²) in [6.45, 7) is 4.44. The Bertz CT molecular complexity index is 740. The Balaban J connectivity index is 1.28. The Morgan fingerprint density at radius 2 is 2.16 bits per heavy atom. The lowest BCUT2D eigenvalue weighted by atomic mass is 9.97. The smallest absolute Gasteiger partial charge is 0.263 e. The van der Waals surface area contributed by atoms with Crippen molar-refractivity contribution in [1.29, 1.82) is 0 Å². The number of amides is 1. The lowest BCUT2D eigenvalue weighted by Crippen LogP contribution is -2.34. The van der Waals surface area contributed by atoms with Crippen molar-refractivity contribution in [3.05, 3.63) is 45.9 Å². The van der Waals surface area contributed by atoms with Gasteiger partial charge in [0.1, 0.15) is 15.6 Å². The highest BCUT2D eigenvalue weighted by atomic mass is 32.1. The number of likely N-dealkylation sites (tertiary alicyclic amines) is 1. The standard InChI is InChI=1S/C19H23N3O2S/c23-19(17-11-20-18(25-17)12-22-7-3-4-8-22)21-10-14-9-15-5-1-2-6-16(15)24-13-14/h1-2,5-6,11,14H,3-4,7-10,12-13H2,(H,21,23)/t14-/m1/s1. The molecule has 6 heteroatoms. The molecule has 25 heavy (non-hydrogen) atoms. The third-order valence-corrected chi connectivity index (χ3v) is 5.82. The van der Waals surface area contributed by atoms with Crippen LogP contribution in [0.5, 0.6) is 5.75 Å². The Hall–Kier alpha value is -1.92. The second kappa shape index (κ2) is 7.54. The molecular formula is C19H23N3O2S. The van der Waals surface area contributed by atoms with Gasteiger partial charge in [0.15, 0.2) is 0 Å². The second-order valence-corrected chi connectivity index (χ2v) is 7.92. The molecule has 1 aromatic heterocycles. The van der Waals surface area contributed by atoms with Gasteiger partial charge in [-0.05, 0) is 44.0 Å². The van der Waals surface area contributed by atoms with Crippen molar-refractivity contribution in [2.24, 2.45) is 5.92 Å². The molecule has 2 aliphatic heterocycles. The van der Waals surface area contributed by atoms with Crippen LogP contribution in [-0.4, -0.2) is 42.0 Å². The summed E-state index contributed by atoms with van der Waals surface area (Å²) < 4.78 is 5.79. The van der Waals surface area contributed by atoms with Crippen LogP contribution in [0.15, 0.2) is 30.5 Å². The van der Waals surface area contributed by atoms with Gasteiger partial charge in [-0.25, -0.2) is 4.98 Å². The summed E-state index contributed by atoms with van der Waals surface area (Å²) in [4.78, 5) is 19.9. The lowest BCUT2D eigenvalue weighted by molar-refractivity contribution is 0.0943. The zero-order chi connectivity index (χ0) is 17.1. The summed E-state index contributed by atoms with van der Waals surface area (Å²) in [6.07, 6.45) is 5.19. The predicted molar refractivity (Wildman–Crippen MR) is 98.1 cm³/mol. The third-order valence-electron chi connectivity index (χ3n) is 4.84. The van der Waals surface area contributed by atoms with Gasteiger partial charge < -0.3 is 10.1 Å². The van der Waals surface area contributed by atoms with E-state index in [4.69, 9.17) is 4.74 Å². The summed E-state index contributed by atoms with van der Waals surface area (Å²) in [6, 6.07) is 8.12. The van der Waals surface area contributed by atoms with Crippen LogP contribution in [0.3, 0.4) is 0 Å². The molecule has 0 aliphatic carbocycles. The summed E-state index contributed by atoms with van der Waals surface area (Å²) in [5, 5.41) is 4.07. The van der Waals surface area contributed by atoms with Crippen molar-refractivity contribution in [3.8, 4) is 5.75 Å². The molecule has 2 aromatic rings. The number of ether oxygens (including phenoxy) is 1. The van der Waals surface area contributed by atoms with Crippen LogP contribution in [0.2, 0.25) is 0 Å². The number of para-hydroxylation sites is 1. The first-order valence-electron chi connectivity index (χ1n) is 8.94. The fraction of sp³-hybridized carbons (Fsp3) is 0.474.